The zero-order chi connectivity index (χ0) is 22.0. The highest BCUT2D eigenvalue weighted by molar-refractivity contribution is 14.1. The molecule has 164 valence electrons. The van der Waals surface area contributed by atoms with Gasteiger partial charge in [0.1, 0.15) is 5.75 Å². The van der Waals surface area contributed by atoms with E-state index in [-0.39, 0.29) is 0 Å². The highest BCUT2D eigenvalue weighted by Crippen LogP contribution is 2.15. The molecule has 2 aromatic rings. The minimum atomic E-state index is -5.08. The Hall–Kier alpha value is -1.85. The first-order valence-electron chi connectivity index (χ1n) is 9.43. The van der Waals surface area contributed by atoms with E-state index in [1.807, 2.05) is 12.1 Å². The van der Waals surface area contributed by atoms with Crippen LogP contribution in [-0.2, 0) is 17.8 Å². The van der Waals surface area contributed by atoms with Gasteiger partial charge in [0.05, 0.1) is 6.61 Å². The lowest BCUT2D eigenvalue weighted by Gasteiger charge is -2.27. The summed E-state index contributed by atoms with van der Waals surface area (Å²) < 4.78 is 38.8. The van der Waals surface area contributed by atoms with Crippen LogP contribution in [0.25, 0.3) is 0 Å². The van der Waals surface area contributed by atoms with Crippen molar-refractivity contribution in [2.45, 2.75) is 19.1 Å². The van der Waals surface area contributed by atoms with Crippen molar-refractivity contribution in [3.63, 3.8) is 0 Å². The fraction of sp³-hybridized carbons (Fsp3) is 0.381. The smallest absolute Gasteiger partial charge is 0.490 e. The molecule has 5 nitrogen and oxygen atoms in total. The summed E-state index contributed by atoms with van der Waals surface area (Å²) in [5.41, 5.74) is 2.73. The average Bonchev–Trinajstić information content (AvgIpc) is 2.71. The van der Waals surface area contributed by atoms with Crippen molar-refractivity contribution in [2.75, 3.05) is 32.8 Å². The number of carboxylic acid groups (broad SMARTS) is 1. The highest BCUT2D eigenvalue weighted by atomic mass is 127. The summed E-state index contributed by atoms with van der Waals surface area (Å²) in [7, 11) is 0. The molecule has 0 unspecified atom stereocenters. The molecule has 1 aliphatic heterocycles. The average molecular weight is 536 g/mol. The van der Waals surface area contributed by atoms with Gasteiger partial charge in [-0.2, -0.15) is 13.2 Å². The maximum atomic E-state index is 10.6. The van der Waals surface area contributed by atoms with Gasteiger partial charge in [0, 0.05) is 42.7 Å². The van der Waals surface area contributed by atoms with Gasteiger partial charge in [-0.15, -0.1) is 0 Å². The van der Waals surface area contributed by atoms with Crippen molar-refractivity contribution >= 4 is 28.6 Å². The molecule has 2 N–H and O–H groups in total. The number of nitrogens with zero attached hydrogens (tertiary/aromatic N) is 1. The number of hydrogen-bond donors (Lipinski definition) is 2. The van der Waals surface area contributed by atoms with E-state index in [1.54, 1.807) is 0 Å². The number of piperazine rings is 1. The molecule has 1 saturated heterocycles. The quantitative estimate of drug-likeness (QED) is 0.548. The molecule has 1 fully saturated rings. The van der Waals surface area contributed by atoms with Crippen molar-refractivity contribution in [2.24, 2.45) is 0 Å². The van der Waals surface area contributed by atoms with Crippen LogP contribution < -0.4 is 10.1 Å². The summed E-state index contributed by atoms with van der Waals surface area (Å²) in [6.45, 7) is 6.28. The number of ether oxygens (including phenoxy) is 1. The maximum Gasteiger partial charge on any atom is 0.490 e. The van der Waals surface area contributed by atoms with Crippen LogP contribution in [0.2, 0.25) is 0 Å². The summed E-state index contributed by atoms with van der Waals surface area (Å²) in [6.07, 6.45) is -4.14. The van der Waals surface area contributed by atoms with E-state index in [4.69, 9.17) is 14.6 Å². The second-order valence-corrected chi connectivity index (χ2v) is 7.94. The first kappa shape index (κ1) is 24.4. The Morgan fingerprint density at radius 3 is 2.10 bits per heavy atom. The summed E-state index contributed by atoms with van der Waals surface area (Å²) >= 11 is 2.30. The van der Waals surface area contributed by atoms with E-state index in [2.05, 4.69) is 69.2 Å². The largest absolute Gasteiger partial charge is 0.493 e. The molecular formula is C21H24F3IN2O3. The summed E-state index contributed by atoms with van der Waals surface area (Å²) in [4.78, 5) is 11.4. The van der Waals surface area contributed by atoms with Gasteiger partial charge in [0.25, 0.3) is 0 Å². The van der Waals surface area contributed by atoms with Gasteiger partial charge < -0.3 is 15.2 Å². The lowest BCUT2D eigenvalue weighted by molar-refractivity contribution is -0.192. The first-order chi connectivity index (χ1) is 14.2. The molecule has 0 aliphatic carbocycles. The number of carboxylic acids is 1. The van der Waals surface area contributed by atoms with Crippen molar-refractivity contribution in [3.8, 4) is 5.75 Å². The van der Waals surface area contributed by atoms with Crippen LogP contribution in [-0.4, -0.2) is 54.9 Å². The lowest BCUT2D eigenvalue weighted by atomic mass is 10.1. The zero-order valence-electron chi connectivity index (χ0n) is 16.3. The van der Waals surface area contributed by atoms with Gasteiger partial charge in [0.15, 0.2) is 0 Å². The fourth-order valence-electron chi connectivity index (χ4n) is 2.76. The SMILES string of the molecule is Ic1ccc(OCCc2ccc(CN3CCNCC3)cc2)cc1.O=C(O)C(F)(F)F. The van der Waals surface area contributed by atoms with Crippen LogP contribution >= 0.6 is 22.6 Å². The third kappa shape index (κ3) is 9.31. The molecule has 0 radical (unpaired) electrons. The second kappa shape index (κ2) is 12.1. The van der Waals surface area contributed by atoms with Crippen molar-refractivity contribution < 1.29 is 27.8 Å². The molecule has 9 heteroatoms. The summed E-state index contributed by atoms with van der Waals surface area (Å²) in [5.74, 6) is -1.81. The molecule has 0 bridgehead atoms. The van der Waals surface area contributed by atoms with Crippen LogP contribution in [0.5, 0.6) is 5.75 Å². The molecule has 0 amide bonds. The van der Waals surface area contributed by atoms with E-state index in [0.717, 1.165) is 51.5 Å². The Balaban J connectivity index is 0.000000396. The molecule has 2 aromatic carbocycles. The summed E-state index contributed by atoms with van der Waals surface area (Å²) in [6, 6.07) is 17.2. The van der Waals surface area contributed by atoms with E-state index in [9.17, 15) is 13.2 Å². The van der Waals surface area contributed by atoms with Crippen LogP contribution in [0, 0.1) is 3.57 Å². The van der Waals surface area contributed by atoms with Gasteiger partial charge in [-0.05, 0) is 58.0 Å². The second-order valence-electron chi connectivity index (χ2n) is 6.70. The number of benzene rings is 2. The van der Waals surface area contributed by atoms with Gasteiger partial charge in [-0.3, -0.25) is 4.90 Å². The molecule has 3 rings (SSSR count). The fourth-order valence-corrected chi connectivity index (χ4v) is 3.12. The Labute approximate surface area is 187 Å². The van der Waals surface area contributed by atoms with E-state index >= 15 is 0 Å². The Bertz CT molecular complexity index is 778. The Morgan fingerprint density at radius 1 is 1.03 bits per heavy atom. The van der Waals surface area contributed by atoms with Crippen LogP contribution in [0.1, 0.15) is 11.1 Å². The minimum Gasteiger partial charge on any atom is -0.493 e. The maximum absolute atomic E-state index is 10.6. The number of hydrogen-bond acceptors (Lipinski definition) is 4. The first-order valence-corrected chi connectivity index (χ1v) is 10.5. The standard InChI is InChI=1S/C19H23IN2O.C2HF3O2/c20-18-5-7-19(8-6-18)23-14-9-16-1-3-17(4-2-16)15-22-12-10-21-11-13-22;3-2(4,5)1(6)7/h1-8,21H,9-15H2;(H,6,7). The normalized spacial score (nSPS) is 14.5. The van der Waals surface area contributed by atoms with Crippen molar-refractivity contribution in [3.05, 3.63) is 63.2 Å². The van der Waals surface area contributed by atoms with Crippen LogP contribution in [0.15, 0.2) is 48.5 Å². The van der Waals surface area contributed by atoms with Gasteiger partial charge in [-0.25, -0.2) is 4.79 Å². The third-order valence-corrected chi connectivity index (χ3v) is 5.07. The van der Waals surface area contributed by atoms with E-state index in [0.29, 0.717) is 0 Å². The number of nitrogens with one attached hydrogen (secondary N) is 1. The molecule has 0 saturated carbocycles. The molecule has 1 aliphatic rings. The molecule has 0 atom stereocenters. The van der Waals surface area contributed by atoms with Crippen LogP contribution in [0.4, 0.5) is 13.2 Å². The van der Waals surface area contributed by atoms with Crippen LogP contribution in [0.3, 0.4) is 0 Å². The Kier molecular flexibility index (Phi) is 9.86. The van der Waals surface area contributed by atoms with Crippen molar-refractivity contribution in [1.82, 2.24) is 10.2 Å². The van der Waals surface area contributed by atoms with Gasteiger partial charge in [-0.1, -0.05) is 24.3 Å². The predicted molar refractivity (Wildman–Crippen MR) is 117 cm³/mol. The zero-order valence-corrected chi connectivity index (χ0v) is 18.4. The topological polar surface area (TPSA) is 61.8 Å². The Morgan fingerprint density at radius 2 is 1.57 bits per heavy atom. The molecule has 1 heterocycles. The number of halogens is 4. The highest BCUT2D eigenvalue weighted by Gasteiger charge is 2.38. The van der Waals surface area contributed by atoms with E-state index in [1.165, 1.54) is 14.7 Å². The monoisotopic (exact) mass is 536 g/mol. The third-order valence-electron chi connectivity index (χ3n) is 4.35. The predicted octanol–water partition coefficient (Wildman–Crippen LogP) is 3.95. The van der Waals surface area contributed by atoms with Crippen molar-refractivity contribution in [1.29, 1.82) is 0 Å². The number of aliphatic carboxylic acids is 1. The summed E-state index contributed by atoms with van der Waals surface area (Å²) in [5, 5.41) is 10.5. The van der Waals surface area contributed by atoms with Gasteiger partial charge >= 0.3 is 12.1 Å². The lowest BCUT2D eigenvalue weighted by Crippen LogP contribution is -2.42. The van der Waals surface area contributed by atoms with E-state index < -0.39 is 12.1 Å². The molecule has 30 heavy (non-hydrogen) atoms. The molecule has 0 spiro atoms. The van der Waals surface area contributed by atoms with Gasteiger partial charge in [0.2, 0.25) is 0 Å². The number of alkyl halides is 3. The number of rotatable bonds is 6. The number of carbonyl (C=O) groups is 1. The molecular weight excluding hydrogens is 512 g/mol. The minimum absolute atomic E-state index is 0.720. The molecule has 0 aromatic heterocycles.